The number of nitrogens with one attached hydrogen (secondary N) is 1. The van der Waals surface area contributed by atoms with Crippen LogP contribution in [0.15, 0.2) is 50.2 Å². The second kappa shape index (κ2) is 10.6. The van der Waals surface area contributed by atoms with Crippen LogP contribution < -0.4 is 25.2 Å². The predicted octanol–water partition coefficient (Wildman–Crippen LogP) is 3.15. The molecular weight excluding hydrogens is 430 g/mol. The number of carbonyl (C=O) groups excluding carboxylic acids is 1. The molecule has 3 aromatic rings. The first-order chi connectivity index (χ1) is 15.9. The third-order valence-corrected chi connectivity index (χ3v) is 5.21. The van der Waals surface area contributed by atoms with E-state index in [0.717, 1.165) is 5.76 Å². The Morgan fingerprint density at radius 3 is 2.48 bits per heavy atom. The van der Waals surface area contributed by atoms with Crippen molar-refractivity contribution in [1.82, 2.24) is 5.32 Å². The van der Waals surface area contributed by atoms with Gasteiger partial charge in [-0.15, -0.1) is 0 Å². The normalized spacial score (nSPS) is 11.6. The topological polar surface area (TPSA) is 120 Å². The van der Waals surface area contributed by atoms with Crippen LogP contribution in [0.5, 0.6) is 23.0 Å². The molecule has 2 aromatic heterocycles. The maximum Gasteiger partial charge on any atom is 0.343 e. The highest BCUT2D eigenvalue weighted by Crippen LogP contribution is 2.45. The van der Waals surface area contributed by atoms with Gasteiger partial charge in [0.25, 0.3) is 0 Å². The SMILES string of the molecule is COc1ccc([C@H](CC(=O)NCCc2ccco2)c2c(O)cc(C)oc2=O)c(OC)c1OC. The second-order valence-electron chi connectivity index (χ2n) is 7.30. The van der Waals surface area contributed by atoms with Crippen LogP contribution in [-0.2, 0) is 11.2 Å². The van der Waals surface area contributed by atoms with Gasteiger partial charge >= 0.3 is 5.63 Å². The van der Waals surface area contributed by atoms with E-state index in [-0.39, 0.29) is 35.2 Å². The second-order valence-corrected chi connectivity index (χ2v) is 7.30. The number of aryl methyl sites for hydroxylation is 1. The molecule has 176 valence electrons. The van der Waals surface area contributed by atoms with Crippen molar-refractivity contribution >= 4 is 5.91 Å². The Labute approximate surface area is 190 Å². The highest BCUT2D eigenvalue weighted by atomic mass is 16.5. The fourth-order valence-corrected chi connectivity index (χ4v) is 3.73. The van der Waals surface area contributed by atoms with E-state index in [9.17, 15) is 14.7 Å². The van der Waals surface area contributed by atoms with Crippen LogP contribution in [0.4, 0.5) is 0 Å². The minimum Gasteiger partial charge on any atom is -0.507 e. The quantitative estimate of drug-likeness (QED) is 0.476. The summed E-state index contributed by atoms with van der Waals surface area (Å²) in [6.45, 7) is 1.90. The molecule has 0 spiro atoms. The van der Waals surface area contributed by atoms with E-state index in [1.54, 1.807) is 31.4 Å². The number of ether oxygens (including phenoxy) is 3. The summed E-state index contributed by atoms with van der Waals surface area (Å²) in [6.07, 6.45) is 1.93. The van der Waals surface area contributed by atoms with Crippen LogP contribution in [0.2, 0.25) is 0 Å². The Balaban J connectivity index is 2.00. The van der Waals surface area contributed by atoms with Crippen molar-refractivity contribution in [2.24, 2.45) is 0 Å². The summed E-state index contributed by atoms with van der Waals surface area (Å²) in [4.78, 5) is 25.6. The van der Waals surface area contributed by atoms with Gasteiger partial charge in [0.1, 0.15) is 17.3 Å². The lowest BCUT2D eigenvalue weighted by atomic mass is 9.87. The van der Waals surface area contributed by atoms with E-state index in [1.807, 2.05) is 6.07 Å². The molecule has 1 amide bonds. The van der Waals surface area contributed by atoms with E-state index in [2.05, 4.69) is 5.32 Å². The molecule has 2 N–H and O–H groups in total. The monoisotopic (exact) mass is 457 g/mol. The fourth-order valence-electron chi connectivity index (χ4n) is 3.73. The van der Waals surface area contributed by atoms with Crippen molar-refractivity contribution in [2.75, 3.05) is 27.9 Å². The average Bonchev–Trinajstić information content (AvgIpc) is 3.30. The van der Waals surface area contributed by atoms with Gasteiger partial charge in [0, 0.05) is 36.9 Å². The van der Waals surface area contributed by atoms with Gasteiger partial charge < -0.3 is 33.5 Å². The summed E-state index contributed by atoms with van der Waals surface area (Å²) in [5, 5.41) is 13.4. The smallest absolute Gasteiger partial charge is 0.343 e. The number of hydrogen-bond donors (Lipinski definition) is 2. The summed E-state index contributed by atoms with van der Waals surface area (Å²) in [7, 11) is 4.39. The molecule has 1 aromatic carbocycles. The van der Waals surface area contributed by atoms with Crippen molar-refractivity contribution in [3.63, 3.8) is 0 Å². The van der Waals surface area contributed by atoms with E-state index in [4.69, 9.17) is 23.0 Å². The standard InChI is InChI=1S/C24H27NO8/c1-14-12-18(26)21(24(28)33-14)17(13-20(27)25-10-9-15-6-5-11-32-15)16-7-8-19(29-2)23(31-4)22(16)30-3/h5-8,11-12,17,26H,9-10,13H2,1-4H3,(H,25,27)/t17-/m0/s1. The van der Waals surface area contributed by atoms with Gasteiger partial charge in [-0.2, -0.15) is 0 Å². The van der Waals surface area contributed by atoms with E-state index in [0.29, 0.717) is 30.0 Å². The molecule has 9 nitrogen and oxygen atoms in total. The molecule has 3 rings (SSSR count). The molecule has 0 saturated heterocycles. The Hall–Kier alpha value is -3.88. The molecule has 9 heteroatoms. The maximum atomic E-state index is 12.8. The molecule has 0 radical (unpaired) electrons. The van der Waals surface area contributed by atoms with Crippen LogP contribution in [0.25, 0.3) is 0 Å². The Morgan fingerprint density at radius 1 is 1.12 bits per heavy atom. The van der Waals surface area contributed by atoms with Gasteiger partial charge in [0.2, 0.25) is 11.7 Å². The van der Waals surface area contributed by atoms with Crippen molar-refractivity contribution in [2.45, 2.75) is 25.7 Å². The fraction of sp³-hybridized carbons (Fsp3) is 0.333. The maximum absolute atomic E-state index is 12.8. The number of carbonyl (C=O) groups is 1. The molecule has 33 heavy (non-hydrogen) atoms. The zero-order valence-electron chi connectivity index (χ0n) is 19.0. The van der Waals surface area contributed by atoms with Crippen LogP contribution >= 0.6 is 0 Å². The molecule has 2 heterocycles. The van der Waals surface area contributed by atoms with Gasteiger partial charge in [-0.25, -0.2) is 4.79 Å². The average molecular weight is 457 g/mol. The van der Waals surface area contributed by atoms with Crippen molar-refractivity contribution in [1.29, 1.82) is 0 Å². The lowest BCUT2D eigenvalue weighted by molar-refractivity contribution is -0.121. The Kier molecular flexibility index (Phi) is 7.66. The summed E-state index contributed by atoms with van der Waals surface area (Å²) < 4.78 is 26.8. The molecular formula is C24H27NO8. The predicted molar refractivity (Wildman–Crippen MR) is 119 cm³/mol. The molecule has 0 saturated carbocycles. The first-order valence-corrected chi connectivity index (χ1v) is 10.3. The van der Waals surface area contributed by atoms with Crippen LogP contribution in [0, 0.1) is 6.92 Å². The van der Waals surface area contributed by atoms with Gasteiger partial charge in [-0.3, -0.25) is 4.79 Å². The van der Waals surface area contributed by atoms with Crippen molar-refractivity contribution < 1.29 is 32.9 Å². The molecule has 0 aliphatic heterocycles. The first kappa shape index (κ1) is 23.8. The number of hydrogen-bond acceptors (Lipinski definition) is 8. The third kappa shape index (κ3) is 5.31. The van der Waals surface area contributed by atoms with Crippen molar-refractivity contribution in [3.05, 3.63) is 69.7 Å². The molecule has 1 atom stereocenters. The van der Waals surface area contributed by atoms with E-state index in [1.165, 1.54) is 27.4 Å². The summed E-state index contributed by atoms with van der Waals surface area (Å²) in [5.74, 6) is 0.519. The zero-order chi connectivity index (χ0) is 24.0. The minimum atomic E-state index is -0.875. The molecule has 0 fully saturated rings. The summed E-state index contributed by atoms with van der Waals surface area (Å²) in [6, 6.07) is 8.24. The van der Waals surface area contributed by atoms with Crippen LogP contribution in [-0.4, -0.2) is 38.9 Å². The Morgan fingerprint density at radius 2 is 1.88 bits per heavy atom. The van der Waals surface area contributed by atoms with Gasteiger partial charge in [0.05, 0.1) is 33.2 Å². The van der Waals surface area contributed by atoms with Gasteiger partial charge in [0.15, 0.2) is 11.5 Å². The van der Waals surface area contributed by atoms with Gasteiger partial charge in [-0.1, -0.05) is 6.07 Å². The molecule has 0 aliphatic rings. The van der Waals surface area contributed by atoms with E-state index >= 15 is 0 Å². The highest BCUT2D eigenvalue weighted by Gasteiger charge is 2.30. The number of aromatic hydroxyl groups is 1. The minimum absolute atomic E-state index is 0.0488. The van der Waals surface area contributed by atoms with Crippen LogP contribution in [0.1, 0.15) is 35.0 Å². The summed E-state index contributed by atoms with van der Waals surface area (Å²) >= 11 is 0. The van der Waals surface area contributed by atoms with Crippen LogP contribution in [0.3, 0.4) is 0 Å². The third-order valence-electron chi connectivity index (χ3n) is 5.21. The zero-order valence-corrected chi connectivity index (χ0v) is 19.0. The number of rotatable bonds is 10. The molecule has 0 bridgehead atoms. The lowest BCUT2D eigenvalue weighted by Gasteiger charge is -2.22. The first-order valence-electron chi connectivity index (χ1n) is 10.3. The lowest BCUT2D eigenvalue weighted by Crippen LogP contribution is -2.28. The van der Waals surface area contributed by atoms with Crippen molar-refractivity contribution in [3.8, 4) is 23.0 Å². The van der Waals surface area contributed by atoms with E-state index < -0.39 is 11.5 Å². The number of furan rings is 1. The number of benzene rings is 1. The molecule has 0 aliphatic carbocycles. The number of amides is 1. The summed E-state index contributed by atoms with van der Waals surface area (Å²) in [5.41, 5.74) is -0.326. The number of methoxy groups -OCH3 is 3. The largest absolute Gasteiger partial charge is 0.507 e. The molecule has 0 unspecified atom stereocenters. The Bertz CT molecular complexity index is 1150. The van der Waals surface area contributed by atoms with Gasteiger partial charge in [-0.05, 0) is 25.1 Å². The highest BCUT2D eigenvalue weighted by molar-refractivity contribution is 5.78.